The number of amides is 2. The first kappa shape index (κ1) is 17.3. The summed E-state index contributed by atoms with van der Waals surface area (Å²) in [6.07, 6.45) is -0.161. The average Bonchev–Trinajstić information content (AvgIpc) is 2.50. The van der Waals surface area contributed by atoms with Gasteiger partial charge >= 0.3 is 5.97 Å². The Labute approximate surface area is 142 Å². The Bertz CT molecular complexity index is 715. The van der Waals surface area contributed by atoms with Crippen LogP contribution in [0.3, 0.4) is 0 Å². The van der Waals surface area contributed by atoms with Crippen molar-refractivity contribution < 1.29 is 19.1 Å². The SMILES string of the molecule is COC(=O)C1=C(C)NC(=O)C[C@@H]1C(=O)Nc1cccc(Cl)c1Cl. The van der Waals surface area contributed by atoms with Crippen LogP contribution in [0, 0.1) is 5.92 Å². The highest BCUT2D eigenvalue weighted by atomic mass is 35.5. The summed E-state index contributed by atoms with van der Waals surface area (Å²) >= 11 is 11.9. The van der Waals surface area contributed by atoms with Crippen LogP contribution in [0.5, 0.6) is 0 Å². The molecule has 0 unspecified atom stereocenters. The van der Waals surface area contributed by atoms with Crippen molar-refractivity contribution in [1.29, 1.82) is 0 Å². The van der Waals surface area contributed by atoms with Crippen molar-refractivity contribution in [2.75, 3.05) is 12.4 Å². The minimum Gasteiger partial charge on any atom is -0.466 e. The third-order valence-electron chi connectivity index (χ3n) is 3.40. The van der Waals surface area contributed by atoms with Gasteiger partial charge in [0.2, 0.25) is 11.8 Å². The fraction of sp³-hybridized carbons (Fsp3) is 0.267. The summed E-state index contributed by atoms with van der Waals surface area (Å²) in [6, 6.07) is 4.78. The highest BCUT2D eigenvalue weighted by Gasteiger charge is 2.36. The van der Waals surface area contributed by atoms with E-state index in [2.05, 4.69) is 10.6 Å². The predicted octanol–water partition coefficient (Wildman–Crippen LogP) is 2.51. The van der Waals surface area contributed by atoms with Gasteiger partial charge in [-0.25, -0.2) is 4.79 Å². The largest absolute Gasteiger partial charge is 0.466 e. The van der Waals surface area contributed by atoms with Crippen LogP contribution in [0.4, 0.5) is 5.69 Å². The molecular formula is C15H14Cl2N2O4. The standard InChI is InChI=1S/C15H14Cl2N2O4/c1-7-12(15(22)23-2)8(6-11(20)18-7)14(21)19-10-5-3-4-9(16)13(10)17/h3-5,8H,6H2,1-2H3,(H,18,20)(H,19,21)/t8-/m0/s1. The Morgan fingerprint density at radius 2 is 2.04 bits per heavy atom. The number of carbonyl (C=O) groups excluding carboxylic acids is 3. The molecule has 1 aliphatic heterocycles. The molecule has 23 heavy (non-hydrogen) atoms. The Morgan fingerprint density at radius 3 is 2.70 bits per heavy atom. The van der Waals surface area contributed by atoms with E-state index in [0.717, 1.165) is 0 Å². The molecule has 0 aromatic heterocycles. The number of allylic oxidation sites excluding steroid dienone is 1. The minimum atomic E-state index is -0.966. The zero-order valence-corrected chi connectivity index (χ0v) is 13.9. The lowest BCUT2D eigenvalue weighted by Gasteiger charge is -2.25. The number of benzene rings is 1. The number of ether oxygens (including phenoxy) is 1. The second-order valence-corrected chi connectivity index (χ2v) is 5.71. The third kappa shape index (κ3) is 3.65. The number of hydrogen-bond donors (Lipinski definition) is 2. The molecule has 0 saturated heterocycles. The number of halogens is 2. The van der Waals surface area contributed by atoms with Crippen LogP contribution in [-0.4, -0.2) is 24.9 Å². The first-order valence-corrected chi connectivity index (χ1v) is 7.44. The van der Waals surface area contributed by atoms with Gasteiger partial charge in [-0.05, 0) is 19.1 Å². The van der Waals surface area contributed by atoms with Gasteiger partial charge in [0.1, 0.15) is 0 Å². The summed E-state index contributed by atoms with van der Waals surface area (Å²) in [5, 5.41) is 5.59. The van der Waals surface area contributed by atoms with Gasteiger partial charge in [0, 0.05) is 12.1 Å². The number of methoxy groups -OCH3 is 1. The van der Waals surface area contributed by atoms with Crippen LogP contribution in [-0.2, 0) is 19.1 Å². The lowest BCUT2D eigenvalue weighted by atomic mass is 9.89. The molecule has 0 bridgehead atoms. The lowest BCUT2D eigenvalue weighted by Crippen LogP contribution is -2.40. The maximum Gasteiger partial charge on any atom is 0.336 e. The van der Waals surface area contributed by atoms with E-state index >= 15 is 0 Å². The fourth-order valence-electron chi connectivity index (χ4n) is 2.33. The maximum absolute atomic E-state index is 12.5. The molecule has 0 spiro atoms. The number of carbonyl (C=O) groups is 3. The predicted molar refractivity (Wildman–Crippen MR) is 86.1 cm³/mol. The normalized spacial score (nSPS) is 17.6. The van der Waals surface area contributed by atoms with E-state index in [1.165, 1.54) is 14.0 Å². The van der Waals surface area contributed by atoms with Crippen LogP contribution < -0.4 is 10.6 Å². The van der Waals surface area contributed by atoms with Crippen molar-refractivity contribution >= 4 is 46.7 Å². The van der Waals surface area contributed by atoms with Crippen LogP contribution in [0.15, 0.2) is 29.5 Å². The van der Waals surface area contributed by atoms with Crippen LogP contribution >= 0.6 is 23.2 Å². The number of hydrogen-bond acceptors (Lipinski definition) is 4. The number of rotatable bonds is 3. The molecule has 2 amide bonds. The van der Waals surface area contributed by atoms with E-state index in [4.69, 9.17) is 27.9 Å². The Kier molecular flexibility index (Phi) is 5.28. The molecular weight excluding hydrogens is 343 g/mol. The molecule has 1 aliphatic rings. The topological polar surface area (TPSA) is 84.5 Å². The second kappa shape index (κ2) is 7.02. The quantitative estimate of drug-likeness (QED) is 0.815. The first-order valence-electron chi connectivity index (χ1n) is 6.69. The van der Waals surface area contributed by atoms with E-state index in [1.54, 1.807) is 18.2 Å². The lowest BCUT2D eigenvalue weighted by molar-refractivity contribution is -0.139. The molecule has 1 aromatic rings. The summed E-state index contributed by atoms with van der Waals surface area (Å²) in [5.41, 5.74) is 0.713. The molecule has 0 fully saturated rings. The summed E-state index contributed by atoms with van der Waals surface area (Å²) in [6.45, 7) is 1.54. The van der Waals surface area contributed by atoms with Crippen molar-refractivity contribution in [2.24, 2.45) is 5.92 Å². The van der Waals surface area contributed by atoms with Gasteiger partial charge in [-0.15, -0.1) is 0 Å². The Balaban J connectivity index is 2.32. The maximum atomic E-state index is 12.5. The van der Waals surface area contributed by atoms with Crippen LogP contribution in [0.25, 0.3) is 0 Å². The zero-order valence-electron chi connectivity index (χ0n) is 12.4. The van der Waals surface area contributed by atoms with E-state index in [0.29, 0.717) is 11.4 Å². The van der Waals surface area contributed by atoms with Gasteiger partial charge in [0.05, 0.1) is 34.3 Å². The van der Waals surface area contributed by atoms with Gasteiger partial charge in [-0.3, -0.25) is 9.59 Å². The Hall–Kier alpha value is -2.05. The highest BCUT2D eigenvalue weighted by molar-refractivity contribution is 6.44. The second-order valence-electron chi connectivity index (χ2n) is 4.93. The van der Waals surface area contributed by atoms with Crippen molar-refractivity contribution in [1.82, 2.24) is 5.32 Å². The molecule has 6 nitrogen and oxygen atoms in total. The first-order chi connectivity index (χ1) is 10.8. The third-order valence-corrected chi connectivity index (χ3v) is 4.22. The van der Waals surface area contributed by atoms with Gasteiger partial charge in [0.15, 0.2) is 0 Å². The molecule has 0 saturated carbocycles. The number of esters is 1. The van der Waals surface area contributed by atoms with Crippen molar-refractivity contribution in [3.63, 3.8) is 0 Å². The molecule has 2 rings (SSSR count). The van der Waals surface area contributed by atoms with Gasteiger partial charge in [-0.1, -0.05) is 29.3 Å². The highest BCUT2D eigenvalue weighted by Crippen LogP contribution is 2.31. The summed E-state index contributed by atoms with van der Waals surface area (Å²) in [4.78, 5) is 36.1. The molecule has 1 aromatic carbocycles. The van der Waals surface area contributed by atoms with E-state index in [9.17, 15) is 14.4 Å². The number of nitrogens with one attached hydrogen (secondary N) is 2. The summed E-state index contributed by atoms with van der Waals surface area (Å²) in [7, 11) is 1.21. The summed E-state index contributed by atoms with van der Waals surface area (Å²) in [5.74, 6) is -2.53. The van der Waals surface area contributed by atoms with Crippen molar-refractivity contribution in [3.05, 3.63) is 39.5 Å². The smallest absolute Gasteiger partial charge is 0.336 e. The molecule has 0 aliphatic carbocycles. The molecule has 2 N–H and O–H groups in total. The van der Waals surface area contributed by atoms with Gasteiger partial charge in [0.25, 0.3) is 0 Å². The molecule has 8 heteroatoms. The van der Waals surface area contributed by atoms with E-state index in [1.807, 2.05) is 0 Å². The molecule has 1 heterocycles. The fourth-order valence-corrected chi connectivity index (χ4v) is 2.67. The van der Waals surface area contributed by atoms with Gasteiger partial charge < -0.3 is 15.4 Å². The van der Waals surface area contributed by atoms with Crippen molar-refractivity contribution in [2.45, 2.75) is 13.3 Å². The summed E-state index contributed by atoms with van der Waals surface area (Å²) < 4.78 is 4.69. The zero-order chi connectivity index (χ0) is 17.1. The molecule has 1 atom stereocenters. The minimum absolute atomic E-state index is 0.114. The molecule has 122 valence electrons. The number of anilines is 1. The van der Waals surface area contributed by atoms with E-state index in [-0.39, 0.29) is 27.9 Å². The van der Waals surface area contributed by atoms with Gasteiger partial charge in [-0.2, -0.15) is 0 Å². The average molecular weight is 357 g/mol. The monoisotopic (exact) mass is 356 g/mol. The Morgan fingerprint density at radius 1 is 1.35 bits per heavy atom. The van der Waals surface area contributed by atoms with E-state index < -0.39 is 17.8 Å². The van der Waals surface area contributed by atoms with Crippen LogP contribution in [0.2, 0.25) is 10.0 Å². The molecule has 0 radical (unpaired) electrons. The van der Waals surface area contributed by atoms with Crippen LogP contribution in [0.1, 0.15) is 13.3 Å². The van der Waals surface area contributed by atoms with Crippen molar-refractivity contribution in [3.8, 4) is 0 Å².